The molecule has 1 nitrogen and oxygen atoms in total. The van der Waals surface area contributed by atoms with Gasteiger partial charge in [-0.25, -0.2) is 4.39 Å². The van der Waals surface area contributed by atoms with Crippen LogP contribution in [0.25, 0.3) is 0 Å². The van der Waals surface area contributed by atoms with E-state index in [-0.39, 0.29) is 5.82 Å². The number of benzene rings is 1. The summed E-state index contributed by atoms with van der Waals surface area (Å²) < 4.78 is 12.2. The van der Waals surface area contributed by atoms with Gasteiger partial charge in [-0.1, -0.05) is 28.1 Å². The number of nitrogens with zero attached hydrogens (tertiary/aromatic N) is 1. The van der Waals surface area contributed by atoms with Crippen molar-refractivity contribution in [1.29, 1.82) is 5.26 Å². The molecule has 0 radical (unpaired) electrons. The maximum absolute atomic E-state index is 12.2. The van der Waals surface area contributed by atoms with Crippen molar-refractivity contribution in [2.75, 3.05) is 0 Å². The fourth-order valence-corrected chi connectivity index (χ4v) is 0.947. The van der Waals surface area contributed by atoms with Crippen LogP contribution in [0.5, 0.6) is 0 Å². The van der Waals surface area contributed by atoms with E-state index in [4.69, 9.17) is 5.26 Å². The SMILES string of the molecule is CC#N.Fc1ccc(CBr)cc1. The molecule has 0 N–H and O–H groups in total. The summed E-state index contributed by atoms with van der Waals surface area (Å²) in [4.78, 5) is 0. The zero-order chi connectivity index (χ0) is 9.40. The topological polar surface area (TPSA) is 23.8 Å². The van der Waals surface area contributed by atoms with Crippen molar-refractivity contribution in [2.45, 2.75) is 12.3 Å². The lowest BCUT2D eigenvalue weighted by molar-refractivity contribution is 0.627. The normalized spacial score (nSPS) is 7.83. The molecule has 64 valence electrons. The van der Waals surface area contributed by atoms with Crippen LogP contribution in [0.2, 0.25) is 0 Å². The minimum Gasteiger partial charge on any atom is -0.207 e. The minimum absolute atomic E-state index is 0.181. The second-order valence-corrected chi connectivity index (χ2v) is 2.54. The van der Waals surface area contributed by atoms with Crippen LogP contribution in [0.1, 0.15) is 12.5 Å². The number of alkyl halides is 1. The maximum Gasteiger partial charge on any atom is 0.123 e. The van der Waals surface area contributed by atoms with E-state index in [1.54, 1.807) is 18.2 Å². The predicted molar refractivity (Wildman–Crippen MR) is 50.3 cm³/mol. The van der Waals surface area contributed by atoms with Gasteiger partial charge in [0.25, 0.3) is 0 Å². The average molecular weight is 230 g/mol. The summed E-state index contributed by atoms with van der Waals surface area (Å²) in [6.07, 6.45) is 0. The fraction of sp³-hybridized carbons (Fsp3) is 0.222. The summed E-state index contributed by atoms with van der Waals surface area (Å²) in [5.41, 5.74) is 1.09. The minimum atomic E-state index is -0.181. The first-order chi connectivity index (χ1) is 5.74. The molecule has 1 rings (SSSR count). The highest BCUT2D eigenvalue weighted by Gasteiger charge is 1.88. The Kier molecular flexibility index (Phi) is 6.31. The van der Waals surface area contributed by atoms with Crippen LogP contribution in [-0.2, 0) is 5.33 Å². The van der Waals surface area contributed by atoms with Crippen molar-refractivity contribution < 1.29 is 4.39 Å². The summed E-state index contributed by atoms with van der Waals surface area (Å²) in [5, 5.41) is 8.10. The van der Waals surface area contributed by atoms with Crippen LogP contribution < -0.4 is 0 Å². The third-order valence-electron chi connectivity index (χ3n) is 1.07. The molecule has 0 aromatic heterocycles. The highest BCUT2D eigenvalue weighted by atomic mass is 79.9. The molecule has 0 fully saturated rings. The first-order valence-electron chi connectivity index (χ1n) is 3.35. The standard InChI is InChI=1S/C7H6BrF.C2H3N/c8-5-6-1-3-7(9)4-2-6;1-2-3/h1-4H,5H2;1H3. The molecule has 0 saturated carbocycles. The molecule has 0 amide bonds. The molecule has 0 atom stereocenters. The van der Waals surface area contributed by atoms with Gasteiger partial charge in [-0.2, -0.15) is 5.26 Å². The summed E-state index contributed by atoms with van der Waals surface area (Å²) >= 11 is 3.26. The molecule has 12 heavy (non-hydrogen) atoms. The molecule has 1 aromatic rings. The van der Waals surface area contributed by atoms with Crippen molar-refractivity contribution in [3.05, 3.63) is 35.6 Å². The molecular weight excluding hydrogens is 221 g/mol. The number of nitriles is 1. The number of rotatable bonds is 1. The van der Waals surface area contributed by atoms with E-state index < -0.39 is 0 Å². The van der Waals surface area contributed by atoms with E-state index in [0.29, 0.717) is 0 Å². The lowest BCUT2D eigenvalue weighted by atomic mass is 10.2. The van der Waals surface area contributed by atoms with Crippen LogP contribution in [0.4, 0.5) is 4.39 Å². The first-order valence-corrected chi connectivity index (χ1v) is 4.48. The van der Waals surface area contributed by atoms with Crippen LogP contribution in [0, 0.1) is 17.1 Å². The smallest absolute Gasteiger partial charge is 0.123 e. The molecule has 0 unspecified atom stereocenters. The number of hydrogen-bond acceptors (Lipinski definition) is 1. The zero-order valence-corrected chi connectivity index (χ0v) is 8.31. The molecule has 0 heterocycles. The molecule has 1 aromatic carbocycles. The molecule has 0 bridgehead atoms. The van der Waals surface area contributed by atoms with Crippen LogP contribution >= 0.6 is 15.9 Å². The summed E-state index contributed by atoms with van der Waals surface area (Å²) in [7, 11) is 0. The molecular formula is C9H9BrFN. The van der Waals surface area contributed by atoms with E-state index >= 15 is 0 Å². The largest absolute Gasteiger partial charge is 0.207 e. The Morgan fingerprint density at radius 3 is 2.17 bits per heavy atom. The Balaban J connectivity index is 0.000000354. The predicted octanol–water partition coefficient (Wildman–Crippen LogP) is 3.25. The van der Waals surface area contributed by atoms with Gasteiger partial charge in [0.2, 0.25) is 0 Å². The summed E-state index contributed by atoms with van der Waals surface area (Å²) in [6, 6.07) is 8.17. The molecule has 0 aliphatic rings. The van der Waals surface area contributed by atoms with Gasteiger partial charge in [0.05, 0.1) is 6.07 Å². The van der Waals surface area contributed by atoms with Gasteiger partial charge < -0.3 is 0 Å². The molecule has 0 aliphatic carbocycles. The zero-order valence-electron chi connectivity index (χ0n) is 6.72. The second-order valence-electron chi connectivity index (χ2n) is 1.98. The first kappa shape index (κ1) is 11.1. The Morgan fingerprint density at radius 1 is 1.42 bits per heavy atom. The van der Waals surface area contributed by atoms with Gasteiger partial charge in [-0.05, 0) is 17.7 Å². The van der Waals surface area contributed by atoms with E-state index in [9.17, 15) is 4.39 Å². The van der Waals surface area contributed by atoms with Gasteiger partial charge in [0, 0.05) is 12.3 Å². The Morgan fingerprint density at radius 2 is 1.83 bits per heavy atom. The molecule has 0 saturated heterocycles. The van der Waals surface area contributed by atoms with E-state index in [0.717, 1.165) is 10.9 Å². The van der Waals surface area contributed by atoms with Gasteiger partial charge >= 0.3 is 0 Å². The lowest BCUT2D eigenvalue weighted by Crippen LogP contribution is -1.76. The van der Waals surface area contributed by atoms with Gasteiger partial charge in [0.1, 0.15) is 5.82 Å². The third-order valence-corrected chi connectivity index (χ3v) is 1.72. The van der Waals surface area contributed by atoms with Gasteiger partial charge in [0.15, 0.2) is 0 Å². The highest BCUT2D eigenvalue weighted by Crippen LogP contribution is 2.05. The van der Waals surface area contributed by atoms with E-state index in [1.807, 2.05) is 0 Å². The summed E-state index contributed by atoms with van der Waals surface area (Å²) in [5.74, 6) is -0.181. The third kappa shape index (κ3) is 4.86. The number of hydrogen-bond donors (Lipinski definition) is 0. The van der Waals surface area contributed by atoms with Crippen molar-refractivity contribution >= 4 is 15.9 Å². The van der Waals surface area contributed by atoms with Crippen LogP contribution in [0.3, 0.4) is 0 Å². The lowest BCUT2D eigenvalue weighted by Gasteiger charge is -1.91. The number of halogens is 2. The Hall–Kier alpha value is -0.880. The van der Waals surface area contributed by atoms with Crippen molar-refractivity contribution in [3.63, 3.8) is 0 Å². The molecule has 0 spiro atoms. The Labute approximate surface area is 80.0 Å². The van der Waals surface area contributed by atoms with Crippen LogP contribution in [0.15, 0.2) is 24.3 Å². The van der Waals surface area contributed by atoms with Gasteiger partial charge in [-0.15, -0.1) is 0 Å². The Bertz CT molecular complexity index is 250. The molecule has 3 heteroatoms. The second kappa shape index (κ2) is 6.81. The fourth-order valence-electron chi connectivity index (χ4n) is 0.573. The molecule has 0 aliphatic heterocycles. The summed E-state index contributed by atoms with van der Waals surface area (Å²) in [6.45, 7) is 1.43. The van der Waals surface area contributed by atoms with E-state index in [1.165, 1.54) is 19.1 Å². The quantitative estimate of drug-likeness (QED) is 0.679. The van der Waals surface area contributed by atoms with Crippen molar-refractivity contribution in [1.82, 2.24) is 0 Å². The van der Waals surface area contributed by atoms with Crippen molar-refractivity contribution in [2.24, 2.45) is 0 Å². The van der Waals surface area contributed by atoms with E-state index in [2.05, 4.69) is 15.9 Å². The highest BCUT2D eigenvalue weighted by molar-refractivity contribution is 9.08. The van der Waals surface area contributed by atoms with Crippen molar-refractivity contribution in [3.8, 4) is 6.07 Å². The van der Waals surface area contributed by atoms with Gasteiger partial charge in [-0.3, -0.25) is 0 Å². The van der Waals surface area contributed by atoms with Crippen LogP contribution in [-0.4, -0.2) is 0 Å². The maximum atomic E-state index is 12.2. The average Bonchev–Trinajstić information content (AvgIpc) is 2.07. The monoisotopic (exact) mass is 229 g/mol.